The van der Waals surface area contributed by atoms with E-state index < -0.39 is 16.0 Å². The Balaban J connectivity index is 1.28. The molecule has 3 atom stereocenters. The molecule has 4 heterocycles. The summed E-state index contributed by atoms with van der Waals surface area (Å²) in [5.74, 6) is 0.400. The molecule has 1 N–H and O–H groups in total. The highest BCUT2D eigenvalue weighted by Gasteiger charge is 2.48. The number of nitrogens with zero attached hydrogens (tertiary/aromatic N) is 3. The number of aryl methyl sites for hydroxylation is 1. The molecule has 0 spiro atoms. The van der Waals surface area contributed by atoms with Crippen LogP contribution in [0.4, 0.5) is 15.9 Å². The van der Waals surface area contributed by atoms with Crippen LogP contribution in [0.5, 0.6) is 0 Å². The molecule has 3 fully saturated rings. The van der Waals surface area contributed by atoms with Gasteiger partial charge in [0.05, 0.1) is 5.69 Å². The number of thiophene rings is 1. The van der Waals surface area contributed by atoms with Gasteiger partial charge >= 0.3 is 0 Å². The van der Waals surface area contributed by atoms with E-state index in [4.69, 9.17) is 0 Å². The molecule has 1 saturated carbocycles. The fraction of sp³-hybridized carbons (Fsp3) is 0.375. The van der Waals surface area contributed by atoms with E-state index in [0.29, 0.717) is 17.9 Å². The molecular weight excluding hydrogens is 459 g/mol. The van der Waals surface area contributed by atoms with Gasteiger partial charge in [0.1, 0.15) is 10.0 Å². The van der Waals surface area contributed by atoms with Crippen LogP contribution in [0.1, 0.15) is 16.9 Å². The number of rotatable bonds is 7. The third-order valence-corrected chi connectivity index (χ3v) is 9.59. The van der Waals surface area contributed by atoms with Gasteiger partial charge in [-0.2, -0.15) is 4.39 Å². The van der Waals surface area contributed by atoms with E-state index in [1.807, 2.05) is 13.0 Å². The van der Waals surface area contributed by atoms with Gasteiger partial charge < -0.3 is 4.90 Å². The SMILES string of the molecule is Cc1sc(S(=O)(=O)Nc2cccc(F)n2)cc1N(C)[C@H]1[C@@H]2C[C@H]1CN(Cc1ccccc1)C2. The Morgan fingerprint density at radius 3 is 2.58 bits per heavy atom. The van der Waals surface area contributed by atoms with Crippen molar-refractivity contribution >= 4 is 32.9 Å². The van der Waals surface area contributed by atoms with Crippen molar-refractivity contribution < 1.29 is 12.8 Å². The molecule has 174 valence electrons. The Morgan fingerprint density at radius 1 is 1.15 bits per heavy atom. The number of hydrogen-bond donors (Lipinski definition) is 1. The number of pyridine rings is 1. The molecule has 0 radical (unpaired) electrons. The molecule has 1 aliphatic carbocycles. The predicted molar refractivity (Wildman–Crippen MR) is 130 cm³/mol. The van der Waals surface area contributed by atoms with E-state index in [-0.39, 0.29) is 10.0 Å². The van der Waals surface area contributed by atoms with Crippen LogP contribution < -0.4 is 9.62 Å². The van der Waals surface area contributed by atoms with Gasteiger partial charge in [-0.1, -0.05) is 36.4 Å². The van der Waals surface area contributed by atoms with Crippen LogP contribution in [0.15, 0.2) is 58.8 Å². The fourth-order valence-electron chi connectivity index (χ4n) is 5.31. The largest absolute Gasteiger partial charge is 0.370 e. The second-order valence-electron chi connectivity index (χ2n) is 8.99. The van der Waals surface area contributed by atoms with Crippen molar-refractivity contribution in [3.8, 4) is 0 Å². The Hall–Kier alpha value is -2.49. The second kappa shape index (κ2) is 8.70. The van der Waals surface area contributed by atoms with Crippen LogP contribution in [0.2, 0.25) is 0 Å². The summed E-state index contributed by atoms with van der Waals surface area (Å²) in [6.45, 7) is 5.04. The molecule has 9 heteroatoms. The number of aromatic nitrogens is 1. The van der Waals surface area contributed by atoms with Crippen molar-refractivity contribution in [1.82, 2.24) is 9.88 Å². The standard InChI is InChI=1S/C24H27FN4O2S2/c1-16-20(12-23(32-16)33(30,31)27-22-10-6-9-21(25)26-22)28(2)24-18-11-19(24)15-29(14-18)13-17-7-4-3-5-8-17/h3-10,12,18-19,24H,11,13-15H2,1-2H3,(H,26,27)/t18-,19+,24+. The molecule has 2 aromatic heterocycles. The zero-order chi connectivity index (χ0) is 23.2. The van der Waals surface area contributed by atoms with Gasteiger partial charge in [-0.05, 0) is 48.9 Å². The van der Waals surface area contributed by atoms with Crippen molar-refractivity contribution in [2.24, 2.45) is 11.8 Å². The Bertz CT molecular complexity index is 1240. The van der Waals surface area contributed by atoms with Crippen molar-refractivity contribution in [2.75, 3.05) is 29.8 Å². The van der Waals surface area contributed by atoms with Gasteiger partial charge in [-0.25, -0.2) is 13.4 Å². The molecule has 33 heavy (non-hydrogen) atoms. The summed E-state index contributed by atoms with van der Waals surface area (Å²) in [5.41, 5.74) is 2.29. The van der Waals surface area contributed by atoms with E-state index in [2.05, 4.69) is 50.8 Å². The van der Waals surface area contributed by atoms with Gasteiger partial charge in [0.25, 0.3) is 10.0 Å². The summed E-state index contributed by atoms with van der Waals surface area (Å²) in [6.07, 6.45) is 1.22. The number of anilines is 2. The van der Waals surface area contributed by atoms with Gasteiger partial charge in [0, 0.05) is 37.6 Å². The first-order valence-electron chi connectivity index (χ1n) is 11.0. The molecular formula is C24H27FN4O2S2. The summed E-state index contributed by atoms with van der Waals surface area (Å²) in [4.78, 5) is 9.36. The maximum Gasteiger partial charge on any atom is 0.272 e. The Morgan fingerprint density at radius 2 is 1.88 bits per heavy atom. The zero-order valence-electron chi connectivity index (χ0n) is 18.6. The third kappa shape index (κ3) is 4.49. The highest BCUT2D eigenvalue weighted by molar-refractivity contribution is 7.94. The Labute approximate surface area is 198 Å². The molecule has 3 aromatic rings. The van der Waals surface area contributed by atoms with Crippen LogP contribution in [0.25, 0.3) is 0 Å². The lowest BCUT2D eigenvalue weighted by Gasteiger charge is -2.57. The number of benzene rings is 1. The smallest absolute Gasteiger partial charge is 0.272 e. The number of piperidine rings is 2. The predicted octanol–water partition coefficient (Wildman–Crippen LogP) is 4.35. The molecule has 2 saturated heterocycles. The van der Waals surface area contributed by atoms with Crippen molar-refractivity contribution in [3.63, 3.8) is 0 Å². The van der Waals surface area contributed by atoms with E-state index in [9.17, 15) is 12.8 Å². The topological polar surface area (TPSA) is 65.5 Å². The minimum absolute atomic E-state index is 0.0250. The van der Waals surface area contributed by atoms with Crippen molar-refractivity contribution in [2.45, 2.75) is 30.1 Å². The second-order valence-corrected chi connectivity index (χ2v) is 12.2. The van der Waals surface area contributed by atoms with Crippen LogP contribution >= 0.6 is 11.3 Å². The van der Waals surface area contributed by atoms with E-state index in [1.54, 1.807) is 6.07 Å². The zero-order valence-corrected chi connectivity index (χ0v) is 20.2. The van der Waals surface area contributed by atoms with Crippen molar-refractivity contribution in [3.05, 3.63) is 71.0 Å². The fourth-order valence-corrected chi connectivity index (χ4v) is 7.78. The first kappa shape index (κ1) is 22.3. The molecule has 2 bridgehead atoms. The summed E-state index contributed by atoms with van der Waals surface area (Å²) in [6, 6.07) is 16.8. The highest BCUT2D eigenvalue weighted by atomic mass is 32.2. The minimum atomic E-state index is -3.84. The normalized spacial score (nSPS) is 22.6. The number of fused-ring (bicyclic) bond motifs is 2. The monoisotopic (exact) mass is 486 g/mol. The number of halogens is 1. The van der Waals surface area contributed by atoms with E-state index in [1.165, 1.54) is 41.5 Å². The molecule has 0 unspecified atom stereocenters. The van der Waals surface area contributed by atoms with Gasteiger partial charge in [0.2, 0.25) is 5.95 Å². The summed E-state index contributed by atoms with van der Waals surface area (Å²) in [5, 5.41) is 0. The van der Waals surface area contributed by atoms with Crippen LogP contribution in [-0.4, -0.2) is 44.5 Å². The molecule has 0 amide bonds. The quantitative estimate of drug-likeness (QED) is 0.503. The number of sulfonamides is 1. The summed E-state index contributed by atoms with van der Waals surface area (Å²) >= 11 is 1.23. The van der Waals surface area contributed by atoms with Crippen LogP contribution in [0.3, 0.4) is 0 Å². The summed E-state index contributed by atoms with van der Waals surface area (Å²) in [7, 11) is -1.76. The van der Waals surface area contributed by atoms with Crippen LogP contribution in [-0.2, 0) is 16.6 Å². The van der Waals surface area contributed by atoms with E-state index in [0.717, 1.165) is 30.2 Å². The molecule has 2 aliphatic heterocycles. The number of nitrogens with one attached hydrogen (secondary N) is 1. The molecule has 1 aromatic carbocycles. The van der Waals surface area contributed by atoms with E-state index >= 15 is 0 Å². The Kier molecular flexibility index (Phi) is 5.88. The maximum absolute atomic E-state index is 13.4. The van der Waals surface area contributed by atoms with Gasteiger partial charge in [-0.15, -0.1) is 11.3 Å². The first-order chi connectivity index (χ1) is 15.8. The van der Waals surface area contributed by atoms with Crippen LogP contribution in [0, 0.1) is 24.7 Å². The number of hydrogen-bond acceptors (Lipinski definition) is 6. The lowest BCUT2D eigenvalue weighted by molar-refractivity contribution is -0.00335. The lowest BCUT2D eigenvalue weighted by Crippen LogP contribution is -2.63. The third-order valence-electron chi connectivity index (χ3n) is 6.72. The minimum Gasteiger partial charge on any atom is -0.370 e. The molecule has 3 aliphatic rings. The first-order valence-corrected chi connectivity index (χ1v) is 13.3. The highest BCUT2D eigenvalue weighted by Crippen LogP contribution is 2.46. The van der Waals surface area contributed by atoms with Crippen molar-refractivity contribution in [1.29, 1.82) is 0 Å². The molecule has 6 nitrogen and oxygen atoms in total. The lowest BCUT2D eigenvalue weighted by atomic mass is 9.65. The average molecular weight is 487 g/mol. The van der Waals surface area contributed by atoms with Gasteiger partial charge in [-0.3, -0.25) is 9.62 Å². The van der Waals surface area contributed by atoms with Gasteiger partial charge in [0.15, 0.2) is 0 Å². The average Bonchev–Trinajstić information content (AvgIpc) is 3.17. The summed E-state index contributed by atoms with van der Waals surface area (Å²) < 4.78 is 41.7. The molecule has 6 rings (SSSR count). The maximum atomic E-state index is 13.4.